The van der Waals surface area contributed by atoms with Crippen LogP contribution in [0.2, 0.25) is 0 Å². The molecule has 1 rings (SSSR count). The molecule has 0 spiro atoms. The average molecular weight is 296 g/mol. The van der Waals surface area contributed by atoms with E-state index in [0.717, 1.165) is 12.3 Å². The molecule has 0 amide bonds. The van der Waals surface area contributed by atoms with Crippen molar-refractivity contribution in [3.8, 4) is 11.5 Å². The number of phenolic OH excluding ortho intramolecular Hbond substituents is 1. The van der Waals surface area contributed by atoms with E-state index < -0.39 is 21.5 Å². The minimum atomic E-state index is -3.72. The first-order valence-corrected chi connectivity index (χ1v) is 6.80. The zero-order valence-corrected chi connectivity index (χ0v) is 13.9. The number of phenols is 1. The van der Waals surface area contributed by atoms with Crippen molar-refractivity contribution in [3.05, 3.63) is 23.8 Å². The van der Waals surface area contributed by atoms with Crippen LogP contribution in [0.15, 0.2) is 18.2 Å². The van der Waals surface area contributed by atoms with E-state index in [1.54, 1.807) is 0 Å². The molecule has 1 aromatic rings. The van der Waals surface area contributed by atoms with Gasteiger partial charge in [0.2, 0.25) is 0 Å². The molecule has 0 aliphatic carbocycles. The SMILES string of the molecule is CC(C)(C(=O)[O-])c1cc(OS(C)(=O)=O)ccc1O.[Na+]. The Balaban J connectivity index is 0.00000324. The van der Waals surface area contributed by atoms with E-state index in [0.29, 0.717) is 0 Å². The van der Waals surface area contributed by atoms with Crippen LogP contribution in [0.4, 0.5) is 0 Å². The second-order valence-corrected chi connectivity index (χ2v) is 5.95. The second-order valence-electron chi connectivity index (χ2n) is 4.38. The molecule has 100 valence electrons. The van der Waals surface area contributed by atoms with Crippen molar-refractivity contribution in [2.75, 3.05) is 6.26 Å². The van der Waals surface area contributed by atoms with Gasteiger partial charge in [0.05, 0.1) is 12.2 Å². The van der Waals surface area contributed by atoms with Crippen LogP contribution in [0.25, 0.3) is 0 Å². The van der Waals surface area contributed by atoms with E-state index >= 15 is 0 Å². The average Bonchev–Trinajstić information content (AvgIpc) is 2.18. The van der Waals surface area contributed by atoms with Gasteiger partial charge in [-0.05, 0) is 18.2 Å². The number of aromatic hydroxyl groups is 1. The largest absolute Gasteiger partial charge is 1.00 e. The van der Waals surface area contributed by atoms with Crippen molar-refractivity contribution in [2.24, 2.45) is 0 Å². The van der Waals surface area contributed by atoms with Crippen molar-refractivity contribution in [1.82, 2.24) is 0 Å². The summed E-state index contributed by atoms with van der Waals surface area (Å²) in [5.74, 6) is -1.74. The Kier molecular flexibility index (Phi) is 5.88. The molecule has 0 atom stereocenters. The van der Waals surface area contributed by atoms with Gasteiger partial charge in [0.1, 0.15) is 11.5 Å². The van der Waals surface area contributed by atoms with Crippen molar-refractivity contribution in [2.45, 2.75) is 19.3 Å². The maximum absolute atomic E-state index is 11.0. The molecular weight excluding hydrogens is 283 g/mol. The van der Waals surface area contributed by atoms with Crippen molar-refractivity contribution < 1.29 is 57.2 Å². The molecule has 0 bridgehead atoms. The number of carboxylic acids is 1. The summed E-state index contributed by atoms with van der Waals surface area (Å²) in [5, 5.41) is 20.6. The standard InChI is InChI=1S/C11H14O6S.Na/c1-11(2,10(13)14)8-6-7(4-5-9(8)12)17-18(3,15)16;/h4-6,12H,1-3H3,(H,13,14);/q;+1/p-1. The number of carbonyl (C=O) groups excluding carboxylic acids is 1. The zero-order chi connectivity index (χ0) is 14.1. The predicted molar refractivity (Wildman–Crippen MR) is 61.6 cm³/mol. The second kappa shape index (κ2) is 6.13. The third kappa shape index (κ3) is 4.68. The van der Waals surface area contributed by atoms with Gasteiger partial charge in [0, 0.05) is 11.0 Å². The van der Waals surface area contributed by atoms with Gasteiger partial charge in [-0.1, -0.05) is 13.8 Å². The number of aliphatic carboxylic acids is 1. The minimum absolute atomic E-state index is 0. The van der Waals surface area contributed by atoms with Gasteiger partial charge in [-0.3, -0.25) is 0 Å². The Morgan fingerprint density at radius 3 is 2.32 bits per heavy atom. The molecule has 19 heavy (non-hydrogen) atoms. The Bertz CT molecular complexity index is 579. The first kappa shape index (κ1) is 18.2. The molecule has 0 saturated carbocycles. The first-order chi connectivity index (χ1) is 8.04. The van der Waals surface area contributed by atoms with Gasteiger partial charge in [0.25, 0.3) is 0 Å². The number of benzene rings is 1. The first-order valence-electron chi connectivity index (χ1n) is 4.98. The van der Waals surface area contributed by atoms with Crippen molar-refractivity contribution in [3.63, 3.8) is 0 Å². The van der Waals surface area contributed by atoms with Crippen LogP contribution in [0.5, 0.6) is 11.5 Å². The smallest absolute Gasteiger partial charge is 0.549 e. The summed E-state index contributed by atoms with van der Waals surface area (Å²) in [4.78, 5) is 11.0. The Morgan fingerprint density at radius 1 is 1.37 bits per heavy atom. The third-order valence-corrected chi connectivity index (χ3v) is 2.89. The van der Waals surface area contributed by atoms with Gasteiger partial charge in [0.15, 0.2) is 0 Å². The van der Waals surface area contributed by atoms with E-state index in [-0.39, 0.29) is 46.6 Å². The monoisotopic (exact) mass is 296 g/mol. The number of carboxylic acid groups (broad SMARTS) is 1. The molecule has 1 N–H and O–H groups in total. The fourth-order valence-electron chi connectivity index (χ4n) is 1.35. The number of carbonyl (C=O) groups is 1. The molecular formula is C11H13NaO6S. The van der Waals surface area contributed by atoms with Crippen molar-refractivity contribution >= 4 is 16.1 Å². The van der Waals surface area contributed by atoms with Crippen molar-refractivity contribution in [1.29, 1.82) is 0 Å². The molecule has 0 saturated heterocycles. The van der Waals surface area contributed by atoms with Gasteiger partial charge in [-0.15, -0.1) is 0 Å². The summed E-state index contributed by atoms with van der Waals surface area (Å²) < 4.78 is 26.6. The topological polar surface area (TPSA) is 104 Å². The zero-order valence-electron chi connectivity index (χ0n) is 11.1. The summed E-state index contributed by atoms with van der Waals surface area (Å²) in [6, 6.07) is 3.55. The Labute approximate surface area is 133 Å². The summed E-state index contributed by atoms with van der Waals surface area (Å²) in [6.07, 6.45) is 0.865. The predicted octanol–water partition coefficient (Wildman–Crippen LogP) is -3.24. The van der Waals surface area contributed by atoms with Crippen LogP contribution in [0.1, 0.15) is 19.4 Å². The van der Waals surface area contributed by atoms with Gasteiger partial charge in [-0.2, -0.15) is 8.42 Å². The fraction of sp³-hybridized carbons (Fsp3) is 0.364. The van der Waals surface area contributed by atoms with E-state index in [1.165, 1.54) is 26.0 Å². The van der Waals surface area contributed by atoms with Gasteiger partial charge >= 0.3 is 39.7 Å². The molecule has 0 fully saturated rings. The summed E-state index contributed by atoms with van der Waals surface area (Å²) in [6.45, 7) is 2.67. The van der Waals surface area contributed by atoms with Crippen LogP contribution >= 0.6 is 0 Å². The minimum Gasteiger partial charge on any atom is -0.549 e. The number of rotatable bonds is 4. The quantitative estimate of drug-likeness (QED) is 0.462. The Morgan fingerprint density at radius 2 is 1.89 bits per heavy atom. The third-order valence-electron chi connectivity index (χ3n) is 2.40. The molecule has 6 nitrogen and oxygen atoms in total. The fourth-order valence-corrected chi connectivity index (χ4v) is 1.81. The van der Waals surface area contributed by atoms with Crippen LogP contribution in [0, 0.1) is 0 Å². The molecule has 8 heteroatoms. The van der Waals surface area contributed by atoms with E-state index in [4.69, 9.17) is 0 Å². The Hall–Kier alpha value is -0.760. The molecule has 0 heterocycles. The van der Waals surface area contributed by atoms with Crippen LogP contribution in [-0.2, 0) is 20.3 Å². The normalized spacial score (nSPS) is 11.5. The maximum Gasteiger partial charge on any atom is 1.00 e. The maximum atomic E-state index is 11.0. The summed E-state index contributed by atoms with van der Waals surface area (Å²) in [7, 11) is -3.72. The molecule has 0 aromatic heterocycles. The van der Waals surface area contributed by atoms with Gasteiger partial charge in [-0.25, -0.2) is 0 Å². The summed E-state index contributed by atoms with van der Waals surface area (Å²) >= 11 is 0. The van der Waals surface area contributed by atoms with Crippen LogP contribution in [0.3, 0.4) is 0 Å². The van der Waals surface area contributed by atoms with E-state index in [2.05, 4.69) is 4.18 Å². The summed E-state index contributed by atoms with van der Waals surface area (Å²) in [5.41, 5.74) is -1.45. The van der Waals surface area contributed by atoms with Crippen LogP contribution < -0.4 is 38.8 Å². The van der Waals surface area contributed by atoms with Gasteiger partial charge < -0.3 is 19.2 Å². The molecule has 0 unspecified atom stereocenters. The number of hydrogen-bond donors (Lipinski definition) is 1. The number of hydrogen-bond acceptors (Lipinski definition) is 6. The molecule has 0 radical (unpaired) electrons. The molecule has 0 aliphatic rings. The molecule has 0 aliphatic heterocycles. The van der Waals surface area contributed by atoms with E-state index in [9.17, 15) is 23.4 Å². The van der Waals surface area contributed by atoms with Crippen LogP contribution in [-0.4, -0.2) is 25.7 Å². The van der Waals surface area contributed by atoms with E-state index in [1.807, 2.05) is 0 Å². The molecule has 1 aromatic carbocycles.